The Morgan fingerprint density at radius 2 is 2.00 bits per heavy atom. The Morgan fingerprint density at radius 1 is 1.40 bits per heavy atom. The molecule has 0 rings (SSSR count). The third-order valence-electron chi connectivity index (χ3n) is 0.585. The number of aliphatic hydroxyl groups excluding tert-OH is 1. The summed E-state index contributed by atoms with van der Waals surface area (Å²) in [7, 11) is 0. The van der Waals surface area contributed by atoms with E-state index in [2.05, 4.69) is 4.74 Å². The van der Waals surface area contributed by atoms with Crippen LogP contribution in [0.2, 0.25) is 0 Å². The molecule has 2 nitrogen and oxygen atoms in total. The van der Waals surface area contributed by atoms with Crippen LogP contribution in [0.3, 0.4) is 0 Å². The molecule has 1 N–H and O–H groups in total. The molecule has 0 aromatic carbocycles. The van der Waals surface area contributed by atoms with Crippen LogP contribution >= 0.6 is 0 Å². The summed E-state index contributed by atoms with van der Waals surface area (Å²) in [5, 5.41) is 7.95. The summed E-state index contributed by atoms with van der Waals surface area (Å²) >= 11 is 0. The summed E-state index contributed by atoms with van der Waals surface area (Å²) in [4.78, 5) is 0. The van der Waals surface area contributed by atoms with Crippen LogP contribution in [0.5, 0.6) is 0 Å². The molecule has 0 aromatic heterocycles. The van der Waals surface area contributed by atoms with Crippen LogP contribution < -0.4 is 0 Å². The normalized spacial score (nSPS) is 12.7. The van der Waals surface area contributed by atoms with Crippen LogP contribution in [0.1, 0.15) is 0 Å². The molecule has 0 aliphatic rings. The van der Waals surface area contributed by atoms with Gasteiger partial charge in [-0.15, -0.1) is 0 Å². The highest BCUT2D eigenvalue weighted by Gasteiger charge is 2.26. The zero-order valence-electron chi connectivity index (χ0n) is 5.06. The van der Waals surface area contributed by atoms with Gasteiger partial charge in [-0.1, -0.05) is 0 Å². The van der Waals surface area contributed by atoms with E-state index in [0.717, 1.165) is 6.08 Å². The lowest BCUT2D eigenvalue weighted by molar-refractivity contribution is -0.171. The first-order valence-corrected chi connectivity index (χ1v) is 2.50. The van der Waals surface area contributed by atoms with E-state index in [0.29, 0.717) is 6.26 Å². The summed E-state index contributed by atoms with van der Waals surface area (Å²) in [6, 6.07) is 0. The quantitative estimate of drug-likeness (QED) is 0.497. The Bertz CT molecular complexity index is 108. The summed E-state index contributed by atoms with van der Waals surface area (Å²) < 4.78 is 37.9. The van der Waals surface area contributed by atoms with E-state index in [9.17, 15) is 13.2 Å². The first-order chi connectivity index (χ1) is 4.56. The van der Waals surface area contributed by atoms with Gasteiger partial charge in [0, 0.05) is 0 Å². The fraction of sp³-hybridized carbons (Fsp3) is 0.600. The van der Waals surface area contributed by atoms with Gasteiger partial charge in [0.15, 0.2) is 0 Å². The first kappa shape index (κ1) is 9.29. The minimum atomic E-state index is -4.29. The third-order valence-corrected chi connectivity index (χ3v) is 0.585. The van der Waals surface area contributed by atoms with Gasteiger partial charge in [-0.2, -0.15) is 13.2 Å². The van der Waals surface area contributed by atoms with Gasteiger partial charge in [-0.25, -0.2) is 0 Å². The summed E-state index contributed by atoms with van der Waals surface area (Å²) in [5.41, 5.74) is 0. The van der Waals surface area contributed by atoms with Crippen molar-refractivity contribution in [3.05, 3.63) is 12.3 Å². The van der Waals surface area contributed by atoms with Gasteiger partial charge in [-0.05, 0) is 6.08 Å². The van der Waals surface area contributed by atoms with Crippen LogP contribution in [-0.4, -0.2) is 24.5 Å². The summed E-state index contributed by atoms with van der Waals surface area (Å²) in [5.74, 6) is 0. The molecule has 0 radical (unpaired) electrons. The molecular weight excluding hydrogens is 149 g/mol. The molecule has 0 saturated carbocycles. The van der Waals surface area contributed by atoms with Crippen molar-refractivity contribution in [3.63, 3.8) is 0 Å². The number of aliphatic hydroxyl groups is 1. The second-order valence-corrected chi connectivity index (χ2v) is 1.52. The molecule has 0 bridgehead atoms. The lowest BCUT2D eigenvalue weighted by atomic mass is 10.6. The van der Waals surface area contributed by atoms with Crippen molar-refractivity contribution in [3.8, 4) is 0 Å². The van der Waals surface area contributed by atoms with Crippen molar-refractivity contribution in [2.45, 2.75) is 6.18 Å². The monoisotopic (exact) mass is 156 g/mol. The minimum absolute atomic E-state index is 0.226. The maximum absolute atomic E-state index is 11.3. The average molecular weight is 156 g/mol. The fourth-order valence-corrected chi connectivity index (χ4v) is 0.286. The number of alkyl halides is 3. The van der Waals surface area contributed by atoms with E-state index in [-0.39, 0.29) is 6.61 Å². The van der Waals surface area contributed by atoms with Crippen LogP contribution in [0.15, 0.2) is 12.3 Å². The van der Waals surface area contributed by atoms with E-state index in [1.54, 1.807) is 0 Å². The van der Waals surface area contributed by atoms with Gasteiger partial charge in [0.1, 0.15) is 6.61 Å². The highest BCUT2D eigenvalue weighted by atomic mass is 19.4. The molecular formula is C5H7F3O2. The van der Waals surface area contributed by atoms with Crippen molar-refractivity contribution in [1.82, 2.24) is 0 Å². The summed E-state index contributed by atoms with van der Waals surface area (Å²) in [6.45, 7) is -1.51. The number of ether oxygens (including phenoxy) is 1. The van der Waals surface area contributed by atoms with Gasteiger partial charge in [0.25, 0.3) is 0 Å². The maximum atomic E-state index is 11.3. The van der Waals surface area contributed by atoms with Gasteiger partial charge in [-0.3, -0.25) is 0 Å². The molecule has 0 atom stereocenters. The topological polar surface area (TPSA) is 29.5 Å². The first-order valence-electron chi connectivity index (χ1n) is 2.50. The zero-order valence-corrected chi connectivity index (χ0v) is 5.06. The SMILES string of the molecule is OC=CCOCC(F)(F)F. The number of hydrogen-bond acceptors (Lipinski definition) is 2. The lowest BCUT2D eigenvalue weighted by Crippen LogP contribution is -2.16. The summed E-state index contributed by atoms with van der Waals surface area (Å²) in [6.07, 6.45) is -2.58. The highest BCUT2D eigenvalue weighted by molar-refractivity contribution is 4.70. The fourth-order valence-electron chi connectivity index (χ4n) is 0.286. The van der Waals surface area contributed by atoms with E-state index < -0.39 is 12.8 Å². The Hall–Kier alpha value is -0.710. The van der Waals surface area contributed by atoms with Crippen LogP contribution in [0.25, 0.3) is 0 Å². The smallest absolute Gasteiger partial charge is 0.411 e. The molecule has 0 unspecified atom stereocenters. The Balaban J connectivity index is 3.20. The largest absolute Gasteiger partial charge is 0.516 e. The zero-order chi connectivity index (χ0) is 8.04. The number of hydrogen-bond donors (Lipinski definition) is 1. The van der Waals surface area contributed by atoms with Crippen LogP contribution in [-0.2, 0) is 4.74 Å². The minimum Gasteiger partial charge on any atom is -0.516 e. The van der Waals surface area contributed by atoms with Gasteiger partial charge < -0.3 is 9.84 Å². The van der Waals surface area contributed by atoms with Crippen molar-refractivity contribution < 1.29 is 23.0 Å². The second kappa shape index (κ2) is 4.16. The molecule has 0 amide bonds. The molecule has 60 valence electrons. The highest BCUT2D eigenvalue weighted by Crippen LogP contribution is 2.13. The van der Waals surface area contributed by atoms with Gasteiger partial charge >= 0.3 is 6.18 Å². The Labute approximate surface area is 55.9 Å². The van der Waals surface area contributed by atoms with Crippen molar-refractivity contribution in [2.75, 3.05) is 13.2 Å². The van der Waals surface area contributed by atoms with Gasteiger partial charge in [0.2, 0.25) is 0 Å². The van der Waals surface area contributed by atoms with E-state index in [1.165, 1.54) is 0 Å². The molecule has 0 fully saturated rings. The standard InChI is InChI=1S/C5H7F3O2/c6-5(7,8)4-10-3-1-2-9/h1-2,9H,3-4H2. The molecule has 0 heterocycles. The van der Waals surface area contributed by atoms with Crippen LogP contribution in [0.4, 0.5) is 13.2 Å². The predicted molar refractivity (Wildman–Crippen MR) is 28.6 cm³/mol. The Kier molecular flexibility index (Phi) is 3.87. The molecule has 5 heteroatoms. The van der Waals surface area contributed by atoms with Crippen LogP contribution in [0, 0.1) is 0 Å². The van der Waals surface area contributed by atoms with Crippen molar-refractivity contribution in [2.24, 2.45) is 0 Å². The molecule has 0 aromatic rings. The third kappa shape index (κ3) is 7.29. The molecule has 0 aliphatic heterocycles. The van der Waals surface area contributed by atoms with Gasteiger partial charge in [0.05, 0.1) is 12.9 Å². The number of rotatable bonds is 3. The number of halogens is 3. The van der Waals surface area contributed by atoms with E-state index >= 15 is 0 Å². The molecule has 10 heavy (non-hydrogen) atoms. The molecule has 0 aliphatic carbocycles. The van der Waals surface area contributed by atoms with Crippen molar-refractivity contribution >= 4 is 0 Å². The average Bonchev–Trinajstić information content (AvgIpc) is 1.78. The molecule has 0 spiro atoms. The van der Waals surface area contributed by atoms with E-state index in [1.807, 2.05) is 0 Å². The Morgan fingerprint density at radius 3 is 2.40 bits per heavy atom. The predicted octanol–water partition coefficient (Wildman–Crippen LogP) is 1.64. The van der Waals surface area contributed by atoms with E-state index in [4.69, 9.17) is 5.11 Å². The maximum Gasteiger partial charge on any atom is 0.411 e. The molecule has 0 saturated heterocycles. The lowest BCUT2D eigenvalue weighted by Gasteiger charge is -2.04. The van der Waals surface area contributed by atoms with Crippen molar-refractivity contribution in [1.29, 1.82) is 0 Å². The second-order valence-electron chi connectivity index (χ2n) is 1.52.